The number of nitrogens with zero attached hydrogens (tertiary/aromatic N) is 3. The summed E-state index contributed by atoms with van der Waals surface area (Å²) in [6.45, 7) is 1.17. The molecule has 1 aliphatic rings. The van der Waals surface area contributed by atoms with Crippen LogP contribution in [0, 0.1) is 0 Å². The molecule has 0 amide bonds. The zero-order valence-corrected chi connectivity index (χ0v) is 14.3. The average Bonchev–Trinajstić information content (AvgIpc) is 3.45. The van der Waals surface area contributed by atoms with Gasteiger partial charge in [-0.05, 0) is 25.0 Å². The molecule has 0 unspecified atom stereocenters. The Kier molecular flexibility index (Phi) is 4.26. The number of carboxylic acids is 1. The first kappa shape index (κ1) is 16.5. The molecule has 0 atom stereocenters. The molecule has 1 fully saturated rings. The van der Waals surface area contributed by atoms with Crippen molar-refractivity contribution in [1.29, 1.82) is 0 Å². The number of aromatic carboxylic acids is 1. The zero-order chi connectivity index (χ0) is 18.1. The molecule has 134 valence electrons. The summed E-state index contributed by atoms with van der Waals surface area (Å²) in [5, 5.41) is 17.4. The van der Waals surface area contributed by atoms with E-state index in [-0.39, 0.29) is 5.56 Å². The van der Waals surface area contributed by atoms with Gasteiger partial charge in [0.15, 0.2) is 5.82 Å². The Morgan fingerprint density at radius 1 is 1.31 bits per heavy atom. The fraction of sp³-hybridized carbons (Fsp3) is 0.333. The first-order valence-electron chi connectivity index (χ1n) is 8.49. The van der Waals surface area contributed by atoms with Crippen LogP contribution in [0.2, 0.25) is 0 Å². The van der Waals surface area contributed by atoms with E-state index >= 15 is 0 Å². The van der Waals surface area contributed by atoms with E-state index in [1.807, 2.05) is 0 Å². The highest BCUT2D eigenvalue weighted by molar-refractivity contribution is 6.09. The Labute approximate surface area is 149 Å². The second-order valence-corrected chi connectivity index (χ2v) is 6.29. The van der Waals surface area contributed by atoms with Crippen molar-refractivity contribution in [2.24, 2.45) is 0 Å². The van der Waals surface area contributed by atoms with Crippen LogP contribution in [-0.2, 0) is 4.74 Å². The lowest BCUT2D eigenvalue weighted by Crippen LogP contribution is -2.11. The summed E-state index contributed by atoms with van der Waals surface area (Å²) in [5.74, 6) is 0.200. The molecule has 3 aromatic rings. The van der Waals surface area contributed by atoms with Crippen LogP contribution >= 0.6 is 0 Å². The van der Waals surface area contributed by atoms with Crippen LogP contribution in [-0.4, -0.2) is 52.3 Å². The van der Waals surface area contributed by atoms with Gasteiger partial charge in [0.05, 0.1) is 17.7 Å². The van der Waals surface area contributed by atoms with E-state index in [9.17, 15) is 9.90 Å². The summed E-state index contributed by atoms with van der Waals surface area (Å²) in [4.78, 5) is 24.9. The van der Waals surface area contributed by atoms with E-state index < -0.39 is 5.97 Å². The number of ether oxygens (including phenoxy) is 1. The van der Waals surface area contributed by atoms with Gasteiger partial charge < -0.3 is 20.5 Å². The molecular weight excluding hydrogens is 334 g/mol. The fourth-order valence-corrected chi connectivity index (χ4v) is 2.79. The predicted molar refractivity (Wildman–Crippen MR) is 98.8 cm³/mol. The highest BCUT2D eigenvalue weighted by Gasteiger charge is 2.23. The molecule has 0 spiro atoms. The van der Waals surface area contributed by atoms with Gasteiger partial charge in [0.1, 0.15) is 5.52 Å². The third-order valence-electron chi connectivity index (χ3n) is 4.29. The average molecular weight is 353 g/mol. The summed E-state index contributed by atoms with van der Waals surface area (Å²) in [7, 11) is 1.64. The van der Waals surface area contributed by atoms with Crippen LogP contribution in [0.15, 0.2) is 24.4 Å². The van der Waals surface area contributed by atoms with E-state index in [0.717, 1.165) is 29.1 Å². The Bertz CT molecular complexity index is 987. The van der Waals surface area contributed by atoms with Crippen molar-refractivity contribution in [3.05, 3.63) is 30.0 Å². The van der Waals surface area contributed by atoms with Crippen LogP contribution < -0.4 is 10.6 Å². The molecule has 1 aromatic carbocycles. The SMILES string of the molecule is COCCNc1ncc2c(n1)c(NC1CC1)nc1cc(C(=O)O)ccc12. The first-order chi connectivity index (χ1) is 12.7. The van der Waals surface area contributed by atoms with E-state index in [2.05, 4.69) is 25.6 Å². The maximum absolute atomic E-state index is 11.3. The van der Waals surface area contributed by atoms with Crippen molar-refractivity contribution in [2.45, 2.75) is 18.9 Å². The fourth-order valence-electron chi connectivity index (χ4n) is 2.79. The van der Waals surface area contributed by atoms with Crippen molar-refractivity contribution >= 4 is 39.5 Å². The van der Waals surface area contributed by atoms with Crippen LogP contribution in [0.1, 0.15) is 23.2 Å². The van der Waals surface area contributed by atoms with Crippen LogP contribution in [0.25, 0.3) is 21.8 Å². The Morgan fingerprint density at radius 2 is 2.15 bits per heavy atom. The lowest BCUT2D eigenvalue weighted by Gasteiger charge is -2.12. The Hall–Kier alpha value is -3.00. The summed E-state index contributed by atoms with van der Waals surface area (Å²) in [6.07, 6.45) is 3.95. The van der Waals surface area contributed by atoms with Gasteiger partial charge in [0.25, 0.3) is 0 Å². The number of carbonyl (C=O) groups is 1. The van der Waals surface area contributed by atoms with Crippen LogP contribution in [0.5, 0.6) is 0 Å². The Morgan fingerprint density at radius 3 is 2.88 bits per heavy atom. The standard InChI is InChI=1S/C18H19N5O3/c1-26-7-6-19-18-20-9-13-12-5-2-10(17(24)25)8-14(12)22-16(15(13)23-18)21-11-3-4-11/h2,5,8-9,11H,3-4,6-7H2,1H3,(H,21,22)(H,24,25)(H,19,20,23). The number of nitrogens with one attached hydrogen (secondary N) is 2. The molecule has 3 N–H and O–H groups in total. The second kappa shape index (κ2) is 6.72. The number of methoxy groups -OCH3 is 1. The minimum Gasteiger partial charge on any atom is -0.478 e. The van der Waals surface area contributed by atoms with E-state index in [1.165, 1.54) is 0 Å². The van der Waals surface area contributed by atoms with Gasteiger partial charge in [-0.1, -0.05) is 6.07 Å². The number of benzene rings is 1. The number of anilines is 2. The van der Waals surface area contributed by atoms with Crippen molar-refractivity contribution in [2.75, 3.05) is 30.9 Å². The Balaban J connectivity index is 1.84. The maximum Gasteiger partial charge on any atom is 0.335 e. The highest BCUT2D eigenvalue weighted by Crippen LogP contribution is 2.32. The van der Waals surface area contributed by atoms with Crippen molar-refractivity contribution in [1.82, 2.24) is 15.0 Å². The summed E-state index contributed by atoms with van der Waals surface area (Å²) in [5.41, 5.74) is 1.55. The summed E-state index contributed by atoms with van der Waals surface area (Å²) in [6, 6.07) is 5.31. The minimum absolute atomic E-state index is 0.209. The number of aromatic nitrogens is 3. The van der Waals surface area contributed by atoms with Crippen LogP contribution in [0.3, 0.4) is 0 Å². The van der Waals surface area contributed by atoms with Gasteiger partial charge in [0.2, 0.25) is 5.95 Å². The normalized spacial score (nSPS) is 13.9. The molecule has 1 aliphatic carbocycles. The lowest BCUT2D eigenvalue weighted by atomic mass is 10.1. The predicted octanol–water partition coefficient (Wildman–Crippen LogP) is 2.51. The highest BCUT2D eigenvalue weighted by atomic mass is 16.5. The molecule has 8 nitrogen and oxygen atoms in total. The molecule has 0 aliphatic heterocycles. The van der Waals surface area contributed by atoms with Crippen molar-refractivity contribution in [3.63, 3.8) is 0 Å². The van der Waals surface area contributed by atoms with E-state index in [1.54, 1.807) is 31.5 Å². The van der Waals surface area contributed by atoms with Gasteiger partial charge in [-0.3, -0.25) is 0 Å². The number of hydrogen-bond donors (Lipinski definition) is 3. The molecule has 0 saturated heterocycles. The van der Waals surface area contributed by atoms with Crippen molar-refractivity contribution in [3.8, 4) is 0 Å². The number of hydrogen-bond acceptors (Lipinski definition) is 7. The molecule has 4 rings (SSSR count). The zero-order valence-electron chi connectivity index (χ0n) is 14.3. The van der Waals surface area contributed by atoms with Crippen molar-refractivity contribution < 1.29 is 14.6 Å². The third kappa shape index (κ3) is 3.23. The lowest BCUT2D eigenvalue weighted by molar-refractivity contribution is 0.0697. The van der Waals surface area contributed by atoms with E-state index in [0.29, 0.717) is 36.5 Å². The summed E-state index contributed by atoms with van der Waals surface area (Å²) >= 11 is 0. The molecule has 2 heterocycles. The van der Waals surface area contributed by atoms with E-state index in [4.69, 9.17) is 4.74 Å². The maximum atomic E-state index is 11.3. The second-order valence-electron chi connectivity index (χ2n) is 6.29. The quantitative estimate of drug-likeness (QED) is 0.439. The largest absolute Gasteiger partial charge is 0.478 e. The number of rotatable bonds is 7. The van der Waals surface area contributed by atoms with Crippen LogP contribution in [0.4, 0.5) is 11.8 Å². The monoisotopic (exact) mass is 353 g/mol. The topological polar surface area (TPSA) is 109 Å². The first-order valence-corrected chi connectivity index (χ1v) is 8.49. The van der Waals surface area contributed by atoms with Gasteiger partial charge in [-0.2, -0.15) is 0 Å². The molecule has 8 heteroatoms. The molecule has 1 saturated carbocycles. The molecule has 2 aromatic heterocycles. The molecule has 26 heavy (non-hydrogen) atoms. The summed E-state index contributed by atoms with van der Waals surface area (Å²) < 4.78 is 5.03. The van der Waals surface area contributed by atoms with Gasteiger partial charge in [0, 0.05) is 36.7 Å². The van der Waals surface area contributed by atoms with Gasteiger partial charge in [-0.15, -0.1) is 0 Å². The molecule has 0 radical (unpaired) electrons. The molecule has 0 bridgehead atoms. The number of pyridine rings is 1. The molecular formula is C18H19N5O3. The number of carboxylic acid groups (broad SMARTS) is 1. The van der Waals surface area contributed by atoms with Gasteiger partial charge >= 0.3 is 5.97 Å². The number of fused-ring (bicyclic) bond motifs is 3. The van der Waals surface area contributed by atoms with Gasteiger partial charge in [-0.25, -0.2) is 19.7 Å². The minimum atomic E-state index is -0.973. The third-order valence-corrected chi connectivity index (χ3v) is 4.29. The smallest absolute Gasteiger partial charge is 0.335 e.